The van der Waals surface area contributed by atoms with E-state index in [-0.39, 0.29) is 24.6 Å². The Balaban J connectivity index is 1.80. The molecular formula is C17H18F2N2. The zero-order chi connectivity index (χ0) is 15.0. The summed E-state index contributed by atoms with van der Waals surface area (Å²) in [4.78, 5) is 6.09. The molecule has 1 aliphatic heterocycles. The molecule has 0 aliphatic carbocycles. The van der Waals surface area contributed by atoms with E-state index in [9.17, 15) is 8.78 Å². The molecule has 4 heteroatoms. The highest BCUT2D eigenvalue weighted by Gasteiger charge is 2.47. The first-order valence-corrected chi connectivity index (χ1v) is 7.14. The van der Waals surface area contributed by atoms with E-state index in [0.29, 0.717) is 5.69 Å². The van der Waals surface area contributed by atoms with Gasteiger partial charge < -0.3 is 4.90 Å². The van der Waals surface area contributed by atoms with Gasteiger partial charge in [-0.25, -0.2) is 8.78 Å². The van der Waals surface area contributed by atoms with E-state index in [4.69, 9.17) is 0 Å². The predicted molar refractivity (Wildman–Crippen MR) is 79.7 cm³/mol. The second-order valence-electron chi connectivity index (χ2n) is 5.90. The van der Waals surface area contributed by atoms with E-state index >= 15 is 0 Å². The van der Waals surface area contributed by atoms with Crippen molar-refractivity contribution < 1.29 is 8.78 Å². The number of hydrogen-bond acceptors (Lipinski definition) is 2. The van der Waals surface area contributed by atoms with Crippen molar-refractivity contribution in [2.75, 3.05) is 18.0 Å². The summed E-state index contributed by atoms with van der Waals surface area (Å²) >= 11 is 0. The molecule has 0 unspecified atom stereocenters. The Kier molecular flexibility index (Phi) is 3.40. The van der Waals surface area contributed by atoms with Crippen molar-refractivity contribution in [1.82, 2.24) is 4.98 Å². The minimum Gasteiger partial charge on any atom is -0.364 e. The van der Waals surface area contributed by atoms with Gasteiger partial charge >= 0.3 is 0 Å². The maximum absolute atomic E-state index is 14.8. The van der Waals surface area contributed by atoms with Crippen molar-refractivity contribution in [2.45, 2.75) is 25.4 Å². The molecular weight excluding hydrogens is 270 g/mol. The number of halogens is 2. The number of rotatable bonds is 3. The van der Waals surface area contributed by atoms with E-state index in [1.165, 1.54) is 12.3 Å². The molecule has 0 amide bonds. The molecule has 1 aliphatic rings. The zero-order valence-corrected chi connectivity index (χ0v) is 12.2. The van der Waals surface area contributed by atoms with Crippen LogP contribution in [0.15, 0.2) is 42.6 Å². The number of anilines is 1. The Bertz CT molecular complexity index is 634. The first kappa shape index (κ1) is 14.0. The number of nitrogens with zero attached hydrogens (tertiary/aromatic N) is 2. The quantitative estimate of drug-likeness (QED) is 0.847. The van der Waals surface area contributed by atoms with Crippen LogP contribution in [-0.2, 0) is 5.67 Å². The number of benzene rings is 1. The lowest BCUT2D eigenvalue weighted by Gasteiger charge is -2.46. The number of para-hydroxylation sites is 1. The Hall–Kier alpha value is -1.97. The highest BCUT2D eigenvalue weighted by Crippen LogP contribution is 2.39. The Morgan fingerprint density at radius 2 is 1.86 bits per heavy atom. The molecule has 0 spiro atoms. The number of pyridine rings is 1. The summed E-state index contributed by atoms with van der Waals surface area (Å²) in [6.45, 7) is 4.20. The Morgan fingerprint density at radius 1 is 1.19 bits per heavy atom. The van der Waals surface area contributed by atoms with Crippen LogP contribution in [0, 0.1) is 5.82 Å². The minimum absolute atomic E-state index is 0.0686. The van der Waals surface area contributed by atoms with Crippen molar-refractivity contribution in [2.24, 2.45) is 0 Å². The summed E-state index contributed by atoms with van der Waals surface area (Å²) in [6, 6.07) is 10.9. The molecule has 0 saturated carbocycles. The summed E-state index contributed by atoms with van der Waals surface area (Å²) in [5.74, 6) is -0.366. The summed E-state index contributed by atoms with van der Waals surface area (Å²) in [6.07, 6.45) is 1.35. The summed E-state index contributed by atoms with van der Waals surface area (Å²) < 4.78 is 29.0. The normalized spacial score (nSPS) is 16.9. The molecule has 110 valence electrons. The summed E-state index contributed by atoms with van der Waals surface area (Å²) in [5.41, 5.74) is 0.0266. The third kappa shape index (κ3) is 2.50. The fourth-order valence-corrected chi connectivity index (χ4v) is 2.64. The standard InChI is InChI=1S/C17H18F2N2/c1-12(2)16-8-15(18)14(9-20-16)17(19)10-21(11-17)13-6-4-3-5-7-13/h3-9,12H,10-11H2,1-2H3. The fourth-order valence-electron chi connectivity index (χ4n) is 2.64. The highest BCUT2D eigenvalue weighted by atomic mass is 19.1. The minimum atomic E-state index is -1.65. The van der Waals surface area contributed by atoms with Gasteiger partial charge in [0.2, 0.25) is 0 Å². The fraction of sp³-hybridized carbons (Fsp3) is 0.353. The van der Waals surface area contributed by atoms with Crippen molar-refractivity contribution in [3.8, 4) is 0 Å². The van der Waals surface area contributed by atoms with E-state index in [1.807, 2.05) is 49.1 Å². The SMILES string of the molecule is CC(C)c1cc(F)c(C2(F)CN(c3ccccc3)C2)cn1. The van der Waals surface area contributed by atoms with Crippen molar-refractivity contribution in [3.63, 3.8) is 0 Å². The topological polar surface area (TPSA) is 16.1 Å². The maximum atomic E-state index is 14.8. The zero-order valence-electron chi connectivity index (χ0n) is 12.2. The van der Waals surface area contributed by atoms with Gasteiger partial charge in [0, 0.05) is 23.1 Å². The second kappa shape index (κ2) is 5.10. The average molecular weight is 288 g/mol. The van der Waals surface area contributed by atoms with Crippen LogP contribution < -0.4 is 4.90 Å². The molecule has 3 rings (SSSR count). The predicted octanol–water partition coefficient (Wildman–Crippen LogP) is 4.03. The first-order chi connectivity index (χ1) is 9.99. The van der Waals surface area contributed by atoms with Crippen LogP contribution >= 0.6 is 0 Å². The number of hydrogen-bond donors (Lipinski definition) is 0. The van der Waals surface area contributed by atoms with Gasteiger partial charge in [-0.05, 0) is 24.1 Å². The van der Waals surface area contributed by atoms with Crippen LogP contribution in [0.5, 0.6) is 0 Å². The maximum Gasteiger partial charge on any atom is 0.174 e. The Labute approximate surface area is 123 Å². The van der Waals surface area contributed by atoms with E-state index < -0.39 is 11.5 Å². The largest absolute Gasteiger partial charge is 0.364 e. The lowest BCUT2D eigenvalue weighted by molar-refractivity contribution is 0.114. The van der Waals surface area contributed by atoms with Crippen LogP contribution in [0.3, 0.4) is 0 Å². The smallest absolute Gasteiger partial charge is 0.174 e. The lowest BCUT2D eigenvalue weighted by Crippen LogP contribution is -2.57. The lowest BCUT2D eigenvalue weighted by atomic mass is 9.87. The van der Waals surface area contributed by atoms with Crippen molar-refractivity contribution in [1.29, 1.82) is 0 Å². The number of alkyl halides is 1. The Morgan fingerprint density at radius 3 is 2.43 bits per heavy atom. The molecule has 1 saturated heterocycles. The van der Waals surface area contributed by atoms with Crippen LogP contribution in [0.2, 0.25) is 0 Å². The highest BCUT2D eigenvalue weighted by molar-refractivity contribution is 5.51. The molecule has 2 nitrogen and oxygen atoms in total. The van der Waals surface area contributed by atoms with Gasteiger partial charge in [-0.15, -0.1) is 0 Å². The van der Waals surface area contributed by atoms with Gasteiger partial charge in [0.25, 0.3) is 0 Å². The molecule has 0 radical (unpaired) electrons. The van der Waals surface area contributed by atoms with Gasteiger partial charge in [-0.1, -0.05) is 32.0 Å². The van der Waals surface area contributed by atoms with Gasteiger partial charge in [0.15, 0.2) is 5.67 Å². The van der Waals surface area contributed by atoms with E-state index in [1.54, 1.807) is 0 Å². The molecule has 1 aromatic heterocycles. The van der Waals surface area contributed by atoms with E-state index in [2.05, 4.69) is 4.98 Å². The van der Waals surface area contributed by atoms with Gasteiger partial charge in [0.05, 0.1) is 13.1 Å². The molecule has 0 atom stereocenters. The summed E-state index contributed by atoms with van der Waals surface area (Å²) in [7, 11) is 0. The molecule has 0 N–H and O–H groups in total. The van der Waals surface area contributed by atoms with Gasteiger partial charge in [-0.3, -0.25) is 4.98 Å². The third-order valence-electron chi connectivity index (χ3n) is 3.95. The first-order valence-electron chi connectivity index (χ1n) is 7.14. The molecule has 1 fully saturated rings. The second-order valence-corrected chi connectivity index (χ2v) is 5.90. The van der Waals surface area contributed by atoms with Crippen LogP contribution in [0.1, 0.15) is 31.0 Å². The van der Waals surface area contributed by atoms with Crippen molar-refractivity contribution >= 4 is 5.69 Å². The third-order valence-corrected chi connectivity index (χ3v) is 3.95. The molecule has 1 aromatic carbocycles. The van der Waals surface area contributed by atoms with Crippen LogP contribution in [0.25, 0.3) is 0 Å². The average Bonchev–Trinajstić information content (AvgIpc) is 2.44. The number of aromatic nitrogens is 1. The van der Waals surface area contributed by atoms with Crippen molar-refractivity contribution in [3.05, 3.63) is 59.7 Å². The monoisotopic (exact) mass is 288 g/mol. The molecule has 0 bridgehead atoms. The van der Waals surface area contributed by atoms with Crippen LogP contribution in [0.4, 0.5) is 14.5 Å². The van der Waals surface area contributed by atoms with Crippen LogP contribution in [-0.4, -0.2) is 18.1 Å². The molecule has 21 heavy (non-hydrogen) atoms. The van der Waals surface area contributed by atoms with Gasteiger partial charge in [0.1, 0.15) is 5.82 Å². The molecule has 2 heterocycles. The summed E-state index contributed by atoms with van der Waals surface area (Å²) in [5, 5.41) is 0. The molecule has 2 aromatic rings. The van der Waals surface area contributed by atoms with E-state index in [0.717, 1.165) is 5.69 Å². The van der Waals surface area contributed by atoms with Gasteiger partial charge in [-0.2, -0.15) is 0 Å².